The van der Waals surface area contributed by atoms with Gasteiger partial charge in [-0.3, -0.25) is 0 Å². The Morgan fingerprint density at radius 2 is 2.06 bits per heavy atom. The van der Waals surface area contributed by atoms with Crippen LogP contribution in [0.15, 0.2) is 6.07 Å². The number of aliphatic hydroxyl groups is 1. The van der Waals surface area contributed by atoms with Crippen molar-refractivity contribution in [3.05, 3.63) is 16.8 Å². The molecule has 1 saturated carbocycles. The summed E-state index contributed by atoms with van der Waals surface area (Å²) >= 11 is 5.41. The number of anilines is 1. The number of halogens is 4. The van der Waals surface area contributed by atoms with Crippen LogP contribution in [-0.4, -0.2) is 26.9 Å². The monoisotopic (exact) mass is 281 g/mol. The molecule has 18 heavy (non-hydrogen) atoms. The van der Waals surface area contributed by atoms with Gasteiger partial charge in [0.2, 0.25) is 0 Å². The lowest BCUT2D eigenvalue weighted by Gasteiger charge is -2.41. The van der Waals surface area contributed by atoms with E-state index < -0.39 is 17.3 Å². The van der Waals surface area contributed by atoms with E-state index in [4.69, 9.17) is 11.6 Å². The van der Waals surface area contributed by atoms with Crippen LogP contribution in [0, 0.1) is 0 Å². The molecule has 0 saturated heterocycles. The molecule has 1 fully saturated rings. The number of nitrogens with one attached hydrogen (secondary N) is 1. The van der Waals surface area contributed by atoms with Crippen molar-refractivity contribution < 1.29 is 18.3 Å². The van der Waals surface area contributed by atoms with Crippen LogP contribution in [0.2, 0.25) is 5.15 Å². The Kier molecular flexibility index (Phi) is 3.14. The zero-order chi connectivity index (χ0) is 13.6. The van der Waals surface area contributed by atoms with Gasteiger partial charge >= 0.3 is 6.18 Å². The molecule has 8 heteroatoms. The normalized spacial score (nSPS) is 27.8. The first-order valence-electron chi connectivity index (χ1n) is 5.27. The summed E-state index contributed by atoms with van der Waals surface area (Å²) < 4.78 is 38.2. The average Bonchev–Trinajstić information content (AvgIpc) is 2.16. The van der Waals surface area contributed by atoms with Crippen molar-refractivity contribution >= 4 is 17.4 Å². The van der Waals surface area contributed by atoms with Gasteiger partial charge in [-0.25, -0.2) is 0 Å². The fourth-order valence-electron chi connectivity index (χ4n) is 1.99. The first-order chi connectivity index (χ1) is 8.17. The number of alkyl halides is 3. The molecule has 1 aliphatic rings. The topological polar surface area (TPSA) is 58.0 Å². The van der Waals surface area contributed by atoms with Crippen LogP contribution in [0.1, 0.15) is 25.3 Å². The number of nitrogens with zero attached hydrogens (tertiary/aromatic N) is 2. The van der Waals surface area contributed by atoms with Gasteiger partial charge in [0.25, 0.3) is 0 Å². The van der Waals surface area contributed by atoms with Crippen LogP contribution < -0.4 is 5.32 Å². The minimum Gasteiger partial charge on any atom is -0.390 e. The van der Waals surface area contributed by atoms with E-state index in [-0.39, 0.29) is 17.0 Å². The van der Waals surface area contributed by atoms with E-state index in [0.29, 0.717) is 12.8 Å². The van der Waals surface area contributed by atoms with Gasteiger partial charge in [-0.15, -0.1) is 10.2 Å². The molecule has 0 amide bonds. The Morgan fingerprint density at radius 3 is 2.56 bits per heavy atom. The summed E-state index contributed by atoms with van der Waals surface area (Å²) in [4.78, 5) is 0. The minimum absolute atomic E-state index is 0.239. The number of hydrogen-bond acceptors (Lipinski definition) is 4. The van der Waals surface area contributed by atoms with Gasteiger partial charge in [0, 0.05) is 6.04 Å². The maximum atomic E-state index is 12.7. The van der Waals surface area contributed by atoms with E-state index in [2.05, 4.69) is 15.5 Å². The van der Waals surface area contributed by atoms with Crippen molar-refractivity contribution in [2.24, 2.45) is 0 Å². The molecule has 0 aliphatic heterocycles. The molecule has 1 aromatic rings. The minimum atomic E-state index is -4.55. The molecule has 0 radical (unpaired) electrons. The van der Waals surface area contributed by atoms with Crippen molar-refractivity contribution in [2.75, 3.05) is 5.32 Å². The Morgan fingerprint density at radius 1 is 1.44 bits per heavy atom. The van der Waals surface area contributed by atoms with Crippen LogP contribution in [0.3, 0.4) is 0 Å². The zero-order valence-electron chi connectivity index (χ0n) is 9.42. The highest BCUT2D eigenvalue weighted by atomic mass is 35.5. The number of aromatic nitrogens is 2. The Balaban J connectivity index is 2.18. The quantitative estimate of drug-likeness (QED) is 0.874. The van der Waals surface area contributed by atoms with Gasteiger partial charge in [0.05, 0.1) is 5.60 Å². The third kappa shape index (κ3) is 2.84. The van der Waals surface area contributed by atoms with E-state index in [1.54, 1.807) is 6.92 Å². The fraction of sp³-hybridized carbons (Fsp3) is 0.600. The van der Waals surface area contributed by atoms with Gasteiger partial charge < -0.3 is 10.4 Å². The molecule has 1 aromatic heterocycles. The molecule has 1 heterocycles. The fourth-order valence-corrected chi connectivity index (χ4v) is 2.13. The summed E-state index contributed by atoms with van der Waals surface area (Å²) in [7, 11) is 0. The lowest BCUT2D eigenvalue weighted by Crippen LogP contribution is -2.48. The molecule has 0 atom stereocenters. The van der Waals surface area contributed by atoms with Gasteiger partial charge in [-0.2, -0.15) is 13.2 Å². The summed E-state index contributed by atoms with van der Waals surface area (Å²) in [6.45, 7) is 1.63. The van der Waals surface area contributed by atoms with Crippen molar-refractivity contribution in [3.8, 4) is 0 Å². The maximum Gasteiger partial charge on any atom is 0.420 e. The molecule has 0 spiro atoms. The predicted octanol–water partition coefficient (Wildman–Crippen LogP) is 2.47. The highest BCUT2D eigenvalue weighted by Gasteiger charge is 2.41. The molecular weight excluding hydrogens is 271 g/mol. The van der Waals surface area contributed by atoms with E-state index in [1.165, 1.54) is 0 Å². The third-order valence-electron chi connectivity index (χ3n) is 2.78. The SMILES string of the molecule is C[C@]1(O)C[C@@H](Nc2nnc(Cl)cc2C(F)(F)F)C1. The molecule has 1 aliphatic carbocycles. The van der Waals surface area contributed by atoms with Crippen LogP contribution in [0.5, 0.6) is 0 Å². The van der Waals surface area contributed by atoms with Crippen LogP contribution in [0.25, 0.3) is 0 Å². The van der Waals surface area contributed by atoms with E-state index in [9.17, 15) is 18.3 Å². The predicted molar refractivity (Wildman–Crippen MR) is 59.3 cm³/mol. The summed E-state index contributed by atoms with van der Waals surface area (Å²) in [5, 5.41) is 18.6. The summed E-state index contributed by atoms with van der Waals surface area (Å²) in [6, 6.07) is 0.491. The van der Waals surface area contributed by atoms with Crippen molar-refractivity contribution in [3.63, 3.8) is 0 Å². The summed E-state index contributed by atoms with van der Waals surface area (Å²) in [5.74, 6) is -0.354. The zero-order valence-corrected chi connectivity index (χ0v) is 10.2. The number of rotatable bonds is 2. The van der Waals surface area contributed by atoms with E-state index >= 15 is 0 Å². The first-order valence-corrected chi connectivity index (χ1v) is 5.64. The Hall–Kier alpha value is -1.08. The highest BCUT2D eigenvalue weighted by molar-refractivity contribution is 6.29. The van der Waals surface area contributed by atoms with Gasteiger partial charge in [-0.05, 0) is 25.8 Å². The molecule has 2 rings (SSSR count). The second-order valence-corrected chi connectivity index (χ2v) is 5.06. The van der Waals surface area contributed by atoms with Gasteiger partial charge in [0.1, 0.15) is 5.56 Å². The third-order valence-corrected chi connectivity index (χ3v) is 2.97. The summed E-state index contributed by atoms with van der Waals surface area (Å²) in [6.07, 6.45) is -3.81. The second-order valence-electron chi connectivity index (χ2n) is 4.67. The number of hydrogen-bond donors (Lipinski definition) is 2. The van der Waals surface area contributed by atoms with Crippen molar-refractivity contribution in [2.45, 2.75) is 37.6 Å². The lowest BCUT2D eigenvalue weighted by atomic mass is 9.77. The van der Waals surface area contributed by atoms with Crippen molar-refractivity contribution in [1.82, 2.24) is 10.2 Å². The molecule has 2 N–H and O–H groups in total. The van der Waals surface area contributed by atoms with E-state index in [1.807, 2.05) is 0 Å². The standard InChI is InChI=1S/C10H11ClF3N3O/c1-9(18)3-5(4-9)15-8-6(10(12,13)14)2-7(11)16-17-8/h2,5,18H,3-4H2,1H3,(H,15,17)/t5-,9+. The molecule has 100 valence electrons. The highest BCUT2D eigenvalue weighted by Crippen LogP contribution is 2.38. The average molecular weight is 282 g/mol. The first kappa shape index (κ1) is 13.4. The molecule has 0 aromatic carbocycles. The lowest BCUT2D eigenvalue weighted by molar-refractivity contribution is -0.137. The van der Waals surface area contributed by atoms with Crippen LogP contribution in [-0.2, 0) is 6.18 Å². The molecule has 0 bridgehead atoms. The largest absolute Gasteiger partial charge is 0.420 e. The van der Waals surface area contributed by atoms with Crippen LogP contribution in [0.4, 0.5) is 19.0 Å². The Labute approximate surface area is 106 Å². The van der Waals surface area contributed by atoms with Gasteiger partial charge in [0.15, 0.2) is 11.0 Å². The maximum absolute atomic E-state index is 12.7. The van der Waals surface area contributed by atoms with Crippen molar-refractivity contribution in [1.29, 1.82) is 0 Å². The molecule has 4 nitrogen and oxygen atoms in total. The summed E-state index contributed by atoms with van der Waals surface area (Å²) in [5.41, 5.74) is -1.77. The second kappa shape index (κ2) is 4.24. The Bertz CT molecular complexity index is 456. The molecule has 0 unspecified atom stereocenters. The smallest absolute Gasteiger partial charge is 0.390 e. The van der Waals surface area contributed by atoms with Crippen LogP contribution >= 0.6 is 11.6 Å². The molecular formula is C10H11ClF3N3O. The van der Waals surface area contributed by atoms with E-state index in [0.717, 1.165) is 6.07 Å². The van der Waals surface area contributed by atoms with Gasteiger partial charge in [-0.1, -0.05) is 11.6 Å².